The maximum Gasteiger partial charge on any atom is 0.142 e. The molecule has 0 amide bonds. The van der Waals surface area contributed by atoms with Gasteiger partial charge in [0.1, 0.15) is 29.5 Å². The molecule has 2 heterocycles. The molecule has 1 aliphatic rings. The van der Waals surface area contributed by atoms with E-state index in [9.17, 15) is 0 Å². The number of nitrogens with one attached hydrogen (secondary N) is 1. The van der Waals surface area contributed by atoms with Gasteiger partial charge in [-0.2, -0.15) is 0 Å². The molecule has 150 valence electrons. The number of anilines is 4. The smallest absolute Gasteiger partial charge is 0.142 e. The summed E-state index contributed by atoms with van der Waals surface area (Å²) in [5, 5.41) is 3.32. The van der Waals surface area contributed by atoms with Crippen LogP contribution in [0.15, 0.2) is 60.9 Å². The normalized spacial score (nSPS) is 13.9. The summed E-state index contributed by atoms with van der Waals surface area (Å²) in [7, 11) is 3.35. The minimum absolute atomic E-state index is 0.747. The summed E-state index contributed by atoms with van der Waals surface area (Å²) in [6, 6.07) is 18.0. The number of benzene rings is 2. The second-order valence-corrected chi connectivity index (χ2v) is 6.76. The van der Waals surface area contributed by atoms with Crippen molar-refractivity contribution in [1.82, 2.24) is 9.97 Å². The average molecular weight is 391 g/mol. The van der Waals surface area contributed by atoms with Crippen LogP contribution in [0, 0.1) is 0 Å². The van der Waals surface area contributed by atoms with Crippen molar-refractivity contribution in [3.8, 4) is 11.5 Å². The summed E-state index contributed by atoms with van der Waals surface area (Å²) in [4.78, 5) is 13.5. The number of para-hydroxylation sites is 2. The minimum atomic E-state index is 0.747. The molecule has 1 fully saturated rings. The van der Waals surface area contributed by atoms with Gasteiger partial charge in [0.05, 0.1) is 19.9 Å². The van der Waals surface area contributed by atoms with E-state index in [1.165, 1.54) is 5.69 Å². The van der Waals surface area contributed by atoms with E-state index in [2.05, 4.69) is 37.2 Å². The molecular formula is C22H25N5O2. The zero-order valence-electron chi connectivity index (χ0n) is 16.7. The third-order valence-corrected chi connectivity index (χ3v) is 5.06. The van der Waals surface area contributed by atoms with E-state index in [4.69, 9.17) is 9.47 Å². The SMILES string of the molecule is COc1ccc(N2CCN(c3cc(Nc4ccccc4OC)ncn3)CC2)cc1. The molecule has 7 heteroatoms. The molecule has 1 saturated heterocycles. The maximum atomic E-state index is 5.40. The van der Waals surface area contributed by atoms with Gasteiger partial charge in [-0.15, -0.1) is 0 Å². The van der Waals surface area contributed by atoms with Gasteiger partial charge in [-0.25, -0.2) is 9.97 Å². The maximum absolute atomic E-state index is 5.40. The lowest BCUT2D eigenvalue weighted by atomic mass is 10.2. The molecule has 0 aliphatic carbocycles. The van der Waals surface area contributed by atoms with Gasteiger partial charge in [0.2, 0.25) is 0 Å². The zero-order valence-corrected chi connectivity index (χ0v) is 16.7. The number of rotatable bonds is 6. The molecule has 0 spiro atoms. The molecule has 29 heavy (non-hydrogen) atoms. The van der Waals surface area contributed by atoms with Crippen LogP contribution in [0.1, 0.15) is 0 Å². The van der Waals surface area contributed by atoms with Gasteiger partial charge < -0.3 is 24.6 Å². The quantitative estimate of drug-likeness (QED) is 0.689. The molecule has 0 bridgehead atoms. The lowest BCUT2D eigenvalue weighted by Gasteiger charge is -2.36. The lowest BCUT2D eigenvalue weighted by molar-refractivity contribution is 0.415. The second kappa shape index (κ2) is 8.68. The summed E-state index contributed by atoms with van der Waals surface area (Å²) >= 11 is 0. The summed E-state index contributed by atoms with van der Waals surface area (Å²) in [6.07, 6.45) is 1.60. The van der Waals surface area contributed by atoms with Gasteiger partial charge in [0.25, 0.3) is 0 Å². The standard InChI is InChI=1S/C22H25N5O2/c1-28-18-9-7-17(8-10-18)26-11-13-27(14-12-26)22-15-21(23-16-24-22)25-19-5-3-4-6-20(19)29-2/h3-10,15-16H,11-14H2,1-2H3,(H,23,24,25). The molecule has 0 unspecified atom stereocenters. The predicted molar refractivity (Wildman–Crippen MR) is 116 cm³/mol. The van der Waals surface area contributed by atoms with E-state index in [1.807, 2.05) is 42.5 Å². The van der Waals surface area contributed by atoms with Gasteiger partial charge >= 0.3 is 0 Å². The minimum Gasteiger partial charge on any atom is -0.497 e. The molecule has 2 aromatic carbocycles. The van der Waals surface area contributed by atoms with Crippen LogP contribution in [0.25, 0.3) is 0 Å². The number of aromatic nitrogens is 2. The van der Waals surface area contributed by atoms with E-state index < -0.39 is 0 Å². The summed E-state index contributed by atoms with van der Waals surface area (Å²) in [5.74, 6) is 3.33. The summed E-state index contributed by atoms with van der Waals surface area (Å²) in [5.41, 5.74) is 2.09. The van der Waals surface area contributed by atoms with Crippen LogP contribution in [0.5, 0.6) is 11.5 Å². The summed E-state index contributed by atoms with van der Waals surface area (Å²) < 4.78 is 10.6. The van der Waals surface area contributed by atoms with Crippen molar-refractivity contribution in [3.63, 3.8) is 0 Å². The molecule has 1 aromatic heterocycles. The lowest BCUT2D eigenvalue weighted by Crippen LogP contribution is -2.46. The Hall–Kier alpha value is -3.48. The second-order valence-electron chi connectivity index (χ2n) is 6.76. The largest absolute Gasteiger partial charge is 0.497 e. The fraction of sp³-hybridized carbons (Fsp3) is 0.273. The molecular weight excluding hydrogens is 366 g/mol. The van der Waals surface area contributed by atoms with E-state index >= 15 is 0 Å². The highest BCUT2D eigenvalue weighted by atomic mass is 16.5. The van der Waals surface area contributed by atoms with Crippen molar-refractivity contribution in [3.05, 3.63) is 60.9 Å². The van der Waals surface area contributed by atoms with E-state index in [0.29, 0.717) is 0 Å². The Morgan fingerprint density at radius 3 is 2.28 bits per heavy atom. The molecule has 0 atom stereocenters. The Morgan fingerprint density at radius 1 is 0.828 bits per heavy atom. The molecule has 1 N–H and O–H groups in total. The van der Waals surface area contributed by atoms with Crippen LogP contribution in [0.3, 0.4) is 0 Å². The third kappa shape index (κ3) is 4.34. The highest BCUT2D eigenvalue weighted by molar-refractivity contribution is 5.65. The predicted octanol–water partition coefficient (Wildman–Crippen LogP) is 3.56. The Labute approximate surface area is 170 Å². The van der Waals surface area contributed by atoms with Gasteiger partial charge in [-0.1, -0.05) is 12.1 Å². The fourth-order valence-corrected chi connectivity index (χ4v) is 3.46. The van der Waals surface area contributed by atoms with E-state index in [-0.39, 0.29) is 0 Å². The highest BCUT2D eigenvalue weighted by Gasteiger charge is 2.19. The fourth-order valence-electron chi connectivity index (χ4n) is 3.46. The molecule has 0 radical (unpaired) electrons. The van der Waals surface area contributed by atoms with E-state index in [0.717, 1.165) is 55.0 Å². The molecule has 0 saturated carbocycles. The Balaban J connectivity index is 1.41. The van der Waals surface area contributed by atoms with Crippen molar-refractivity contribution in [2.24, 2.45) is 0 Å². The van der Waals surface area contributed by atoms with Crippen LogP contribution >= 0.6 is 0 Å². The highest BCUT2D eigenvalue weighted by Crippen LogP contribution is 2.27. The van der Waals surface area contributed by atoms with E-state index in [1.54, 1.807) is 20.5 Å². The number of methoxy groups -OCH3 is 2. The topological polar surface area (TPSA) is 62.8 Å². The van der Waals surface area contributed by atoms with Crippen molar-refractivity contribution < 1.29 is 9.47 Å². The van der Waals surface area contributed by atoms with Crippen molar-refractivity contribution in [1.29, 1.82) is 0 Å². The van der Waals surface area contributed by atoms with Crippen LogP contribution < -0.4 is 24.6 Å². The van der Waals surface area contributed by atoms with Crippen LogP contribution in [-0.2, 0) is 0 Å². The molecule has 4 rings (SSSR count). The molecule has 3 aromatic rings. The first-order valence-electron chi connectivity index (χ1n) is 9.63. The Kier molecular flexibility index (Phi) is 5.65. The number of hydrogen-bond acceptors (Lipinski definition) is 7. The van der Waals surface area contributed by atoms with Gasteiger partial charge in [-0.3, -0.25) is 0 Å². The van der Waals surface area contributed by atoms with Gasteiger partial charge in [0, 0.05) is 37.9 Å². The molecule has 7 nitrogen and oxygen atoms in total. The first-order chi connectivity index (χ1) is 14.3. The monoisotopic (exact) mass is 391 g/mol. The van der Waals surface area contributed by atoms with Crippen molar-refractivity contribution >= 4 is 23.0 Å². The van der Waals surface area contributed by atoms with Gasteiger partial charge in [-0.05, 0) is 36.4 Å². The Morgan fingerprint density at radius 2 is 1.55 bits per heavy atom. The number of nitrogens with zero attached hydrogens (tertiary/aromatic N) is 4. The zero-order chi connectivity index (χ0) is 20.1. The molecule has 1 aliphatic heterocycles. The van der Waals surface area contributed by atoms with Gasteiger partial charge in [0.15, 0.2) is 0 Å². The average Bonchev–Trinajstić information content (AvgIpc) is 2.80. The third-order valence-electron chi connectivity index (χ3n) is 5.06. The first-order valence-corrected chi connectivity index (χ1v) is 9.63. The summed E-state index contributed by atoms with van der Waals surface area (Å²) in [6.45, 7) is 3.67. The Bertz CT molecular complexity index is 940. The number of piperazine rings is 1. The first kappa shape index (κ1) is 18.9. The number of hydrogen-bond donors (Lipinski definition) is 1. The van der Waals surface area contributed by atoms with Crippen molar-refractivity contribution in [2.75, 3.05) is 55.5 Å². The van der Waals surface area contributed by atoms with Crippen LogP contribution in [0.2, 0.25) is 0 Å². The van der Waals surface area contributed by atoms with Crippen LogP contribution in [0.4, 0.5) is 23.0 Å². The number of ether oxygens (including phenoxy) is 2. The van der Waals surface area contributed by atoms with Crippen LogP contribution in [-0.4, -0.2) is 50.4 Å². The van der Waals surface area contributed by atoms with Crippen molar-refractivity contribution in [2.45, 2.75) is 0 Å².